The van der Waals surface area contributed by atoms with Gasteiger partial charge in [0.05, 0.1) is 27.7 Å². The van der Waals surface area contributed by atoms with E-state index in [-0.39, 0.29) is 32.0 Å². The van der Waals surface area contributed by atoms with Crippen molar-refractivity contribution in [3.63, 3.8) is 0 Å². The lowest BCUT2D eigenvalue weighted by molar-refractivity contribution is -0.870. The minimum Gasteiger partial charge on any atom is -0.756 e. The summed E-state index contributed by atoms with van der Waals surface area (Å²) in [6.45, 7) is 4.14. The van der Waals surface area contributed by atoms with Crippen LogP contribution in [0.4, 0.5) is 0 Å². The SMILES string of the molecule is CC/C=C\C/C=C\C/C=C\C/C=C\C/C=C\CCCCCCCCCCCCCCCCCCCC(=O)OC(COC(=O)CCCCCCCCC/C=C\CCCCCCCC)COP(=O)([O-])OCC[N+](C)(C)C. The largest absolute Gasteiger partial charge is 0.756 e. The fourth-order valence-electron chi connectivity index (χ4n) is 8.50. The molecule has 0 aliphatic heterocycles. The molecule has 0 N–H and O–H groups in total. The van der Waals surface area contributed by atoms with Crippen molar-refractivity contribution in [2.45, 2.75) is 277 Å². The molecule has 0 saturated carbocycles. The molecule has 0 heterocycles. The first-order chi connectivity index (χ1) is 36.0. The summed E-state index contributed by atoms with van der Waals surface area (Å²) >= 11 is 0. The van der Waals surface area contributed by atoms with E-state index in [1.54, 1.807) is 0 Å². The molecule has 0 spiro atoms. The van der Waals surface area contributed by atoms with Crippen molar-refractivity contribution >= 4 is 19.8 Å². The summed E-state index contributed by atoms with van der Waals surface area (Å²) in [5, 5.41) is 0. The first-order valence-electron chi connectivity index (χ1n) is 30.6. The standard InChI is InChI=1S/C64H116NO8P/c1-6-8-10-12-14-16-18-20-22-24-25-26-27-28-29-30-31-32-33-34-35-36-37-38-39-41-43-45-47-49-51-53-55-57-64(67)73-62(61-72-74(68,69)71-59-58-65(3,4)5)60-70-63(66)56-54-52-50-48-46-44-42-40-23-21-19-17-15-13-11-9-7-2/h8,10,14,16,20-23,25-26,28-29,62H,6-7,9,11-13,15,17-19,24,27,30-61H2,1-5H3/b10-8-,16-14-,22-20-,23-21-,26-25-,29-28-. The van der Waals surface area contributed by atoms with E-state index in [9.17, 15) is 19.0 Å². The van der Waals surface area contributed by atoms with E-state index in [2.05, 4.69) is 86.8 Å². The number of rotatable bonds is 56. The Labute approximate surface area is 457 Å². The van der Waals surface area contributed by atoms with Crippen LogP contribution < -0.4 is 4.89 Å². The predicted octanol–water partition coefficient (Wildman–Crippen LogP) is 18.6. The van der Waals surface area contributed by atoms with Crippen LogP contribution in [0.2, 0.25) is 0 Å². The number of carbonyl (C=O) groups is 2. The number of quaternary nitrogens is 1. The lowest BCUT2D eigenvalue weighted by Gasteiger charge is -2.28. The quantitative estimate of drug-likeness (QED) is 0.0195. The third-order valence-electron chi connectivity index (χ3n) is 13.2. The predicted molar refractivity (Wildman–Crippen MR) is 314 cm³/mol. The van der Waals surface area contributed by atoms with Crippen LogP contribution in [0.5, 0.6) is 0 Å². The average molecular weight is 1060 g/mol. The molecule has 0 rings (SSSR count). The summed E-state index contributed by atoms with van der Waals surface area (Å²) in [4.78, 5) is 37.9. The molecule has 2 atom stereocenters. The van der Waals surface area contributed by atoms with Gasteiger partial charge in [0.15, 0.2) is 6.10 Å². The number of carbonyl (C=O) groups excluding carboxylic acids is 2. The van der Waals surface area contributed by atoms with Crippen LogP contribution in [0.1, 0.15) is 271 Å². The molecule has 2 unspecified atom stereocenters. The molecule has 0 saturated heterocycles. The molecule has 9 nitrogen and oxygen atoms in total. The Bertz CT molecular complexity index is 1480. The first-order valence-corrected chi connectivity index (χ1v) is 32.1. The van der Waals surface area contributed by atoms with Crippen molar-refractivity contribution in [1.82, 2.24) is 0 Å². The van der Waals surface area contributed by atoms with Crippen LogP contribution in [-0.4, -0.2) is 70.0 Å². The van der Waals surface area contributed by atoms with E-state index in [1.807, 2.05) is 21.1 Å². The molecule has 0 bridgehead atoms. The van der Waals surface area contributed by atoms with E-state index in [1.165, 1.54) is 154 Å². The molecule has 0 aliphatic carbocycles. The summed E-state index contributed by atoms with van der Waals surface area (Å²) in [6, 6.07) is 0. The molecule has 0 aromatic rings. The number of nitrogens with zero attached hydrogens (tertiary/aromatic N) is 1. The van der Waals surface area contributed by atoms with Crippen LogP contribution in [0.25, 0.3) is 0 Å². The number of ether oxygens (including phenoxy) is 2. The lowest BCUT2D eigenvalue weighted by atomic mass is 10.0. The Kier molecular flexibility index (Phi) is 53.3. The van der Waals surface area contributed by atoms with Crippen molar-refractivity contribution < 1.29 is 42.1 Å². The first kappa shape index (κ1) is 71.5. The Balaban J connectivity index is 4.05. The van der Waals surface area contributed by atoms with Gasteiger partial charge in [-0.25, -0.2) is 0 Å². The van der Waals surface area contributed by atoms with Crippen molar-refractivity contribution in [1.29, 1.82) is 0 Å². The Morgan fingerprint density at radius 3 is 1.16 bits per heavy atom. The maximum absolute atomic E-state index is 12.8. The van der Waals surface area contributed by atoms with Crippen molar-refractivity contribution in [2.24, 2.45) is 0 Å². The molecule has 10 heteroatoms. The van der Waals surface area contributed by atoms with Gasteiger partial charge in [-0.1, -0.05) is 247 Å². The Hall–Kier alpha value is -2.55. The number of esters is 2. The Morgan fingerprint density at radius 1 is 0.432 bits per heavy atom. The molecule has 74 heavy (non-hydrogen) atoms. The third-order valence-corrected chi connectivity index (χ3v) is 14.2. The maximum atomic E-state index is 12.8. The molecule has 0 amide bonds. The van der Waals surface area contributed by atoms with Gasteiger partial charge in [-0.15, -0.1) is 0 Å². The highest BCUT2D eigenvalue weighted by Crippen LogP contribution is 2.38. The topological polar surface area (TPSA) is 111 Å². The summed E-state index contributed by atoms with van der Waals surface area (Å²) in [5.74, 6) is -0.831. The summed E-state index contributed by atoms with van der Waals surface area (Å²) < 4.78 is 34.2. The van der Waals surface area contributed by atoms with E-state index in [0.717, 1.165) is 83.5 Å². The summed E-state index contributed by atoms with van der Waals surface area (Å²) in [5.41, 5.74) is 0. The number of unbranched alkanes of at least 4 members (excludes halogenated alkanes) is 30. The number of hydrogen-bond donors (Lipinski definition) is 0. The van der Waals surface area contributed by atoms with Crippen LogP contribution in [0.15, 0.2) is 72.9 Å². The highest BCUT2D eigenvalue weighted by molar-refractivity contribution is 7.45. The highest BCUT2D eigenvalue weighted by Gasteiger charge is 2.22. The van der Waals surface area contributed by atoms with Gasteiger partial charge in [0, 0.05) is 12.8 Å². The second-order valence-corrected chi connectivity index (χ2v) is 23.1. The van der Waals surface area contributed by atoms with E-state index in [0.29, 0.717) is 17.4 Å². The second-order valence-electron chi connectivity index (χ2n) is 21.7. The van der Waals surface area contributed by atoms with E-state index in [4.69, 9.17) is 18.5 Å². The average Bonchev–Trinajstić information content (AvgIpc) is 3.36. The zero-order valence-corrected chi connectivity index (χ0v) is 49.7. The van der Waals surface area contributed by atoms with Crippen molar-refractivity contribution in [3.05, 3.63) is 72.9 Å². The monoisotopic (exact) mass is 1060 g/mol. The van der Waals surface area contributed by atoms with E-state index < -0.39 is 26.5 Å². The minimum absolute atomic E-state index is 0.0320. The van der Waals surface area contributed by atoms with Crippen LogP contribution >= 0.6 is 7.82 Å². The third kappa shape index (κ3) is 58.7. The maximum Gasteiger partial charge on any atom is 0.306 e. The van der Waals surface area contributed by atoms with Crippen molar-refractivity contribution in [3.8, 4) is 0 Å². The molecule has 0 radical (unpaired) electrons. The fourth-order valence-corrected chi connectivity index (χ4v) is 9.23. The van der Waals surface area contributed by atoms with Crippen LogP contribution in [0, 0.1) is 0 Å². The zero-order valence-electron chi connectivity index (χ0n) is 48.8. The molecular weight excluding hydrogens is 942 g/mol. The minimum atomic E-state index is -4.64. The highest BCUT2D eigenvalue weighted by atomic mass is 31.2. The van der Waals surface area contributed by atoms with E-state index >= 15 is 0 Å². The van der Waals surface area contributed by atoms with Gasteiger partial charge < -0.3 is 27.9 Å². The number of phosphoric acid groups is 1. The number of allylic oxidation sites excluding steroid dienone is 12. The molecular formula is C64H116NO8P. The van der Waals surface area contributed by atoms with Gasteiger partial charge in [-0.05, 0) is 83.5 Å². The van der Waals surface area contributed by atoms with Gasteiger partial charge in [0.1, 0.15) is 19.8 Å². The number of likely N-dealkylation sites (N-methyl/N-ethyl adjacent to an activating group) is 1. The number of phosphoric ester groups is 1. The summed E-state index contributed by atoms with van der Waals surface area (Å²) in [7, 11) is 1.17. The van der Waals surface area contributed by atoms with Crippen molar-refractivity contribution in [2.75, 3.05) is 47.5 Å². The lowest BCUT2D eigenvalue weighted by Crippen LogP contribution is -2.37. The van der Waals surface area contributed by atoms with Gasteiger partial charge in [-0.3, -0.25) is 14.2 Å². The van der Waals surface area contributed by atoms with Gasteiger partial charge >= 0.3 is 11.9 Å². The molecule has 0 aromatic heterocycles. The molecule has 0 fully saturated rings. The smallest absolute Gasteiger partial charge is 0.306 e. The zero-order chi connectivity index (χ0) is 54.2. The molecule has 430 valence electrons. The molecule has 0 aromatic carbocycles. The summed E-state index contributed by atoms with van der Waals surface area (Å²) in [6.07, 6.45) is 72.4. The second kappa shape index (κ2) is 55.2. The fraction of sp³-hybridized carbons (Fsp3) is 0.781. The normalized spacial score (nSPS) is 13.8. The molecule has 0 aliphatic rings. The van der Waals surface area contributed by atoms with Gasteiger partial charge in [0.25, 0.3) is 7.82 Å². The van der Waals surface area contributed by atoms with Crippen LogP contribution in [0.3, 0.4) is 0 Å². The van der Waals surface area contributed by atoms with Gasteiger partial charge in [0.2, 0.25) is 0 Å². The number of hydrogen-bond acceptors (Lipinski definition) is 8. The van der Waals surface area contributed by atoms with Crippen LogP contribution in [-0.2, 0) is 32.7 Å². The van der Waals surface area contributed by atoms with Gasteiger partial charge in [-0.2, -0.15) is 0 Å². The Morgan fingerprint density at radius 2 is 0.770 bits per heavy atom.